The Kier molecular flexibility index (Phi) is 6.31. The number of nitrogens with zero attached hydrogens (tertiary/aromatic N) is 1. The van der Waals surface area contributed by atoms with Gasteiger partial charge in [0.15, 0.2) is 12.4 Å². The van der Waals surface area contributed by atoms with Gasteiger partial charge in [0.25, 0.3) is 0 Å². The van der Waals surface area contributed by atoms with E-state index >= 15 is 0 Å². The number of thiazole rings is 1. The number of ketones is 1. The molecule has 2 heterocycles. The number of methoxy groups -OCH3 is 1. The van der Waals surface area contributed by atoms with E-state index in [2.05, 4.69) is 17.1 Å². The average molecular weight is 502 g/mol. The van der Waals surface area contributed by atoms with Crippen LogP contribution in [-0.2, 0) is 4.79 Å². The van der Waals surface area contributed by atoms with Gasteiger partial charge in [0.05, 0.1) is 22.8 Å². The molecule has 35 heavy (non-hydrogen) atoms. The van der Waals surface area contributed by atoms with Gasteiger partial charge in [-0.2, -0.15) is 0 Å². The Bertz CT molecular complexity index is 1570. The zero-order chi connectivity index (χ0) is 24.4. The fourth-order valence-corrected chi connectivity index (χ4v) is 5.58. The van der Waals surface area contributed by atoms with Gasteiger partial charge in [-0.05, 0) is 47.9 Å². The molecule has 0 saturated heterocycles. The van der Waals surface area contributed by atoms with E-state index in [9.17, 15) is 9.59 Å². The molecule has 174 valence electrons. The molecule has 0 saturated carbocycles. The van der Waals surface area contributed by atoms with Gasteiger partial charge in [-0.25, -0.2) is 9.78 Å². The van der Waals surface area contributed by atoms with E-state index in [0.717, 1.165) is 25.2 Å². The molecule has 0 unspecified atom stereocenters. The molecule has 2 aromatic heterocycles. The number of aliphatic carboxylic acids is 1. The number of carboxylic acids is 1. The Hall–Kier alpha value is -4.01. The highest BCUT2D eigenvalue weighted by molar-refractivity contribution is 7.22. The lowest BCUT2D eigenvalue weighted by molar-refractivity contribution is -0.139. The minimum Gasteiger partial charge on any atom is -0.496 e. The molecule has 1 N–H and O–H groups in total. The number of aromatic nitrogens is 1. The second-order valence-corrected chi connectivity index (χ2v) is 9.59. The normalized spacial score (nSPS) is 11.3. The highest BCUT2D eigenvalue weighted by atomic mass is 32.1. The zero-order valence-electron chi connectivity index (χ0n) is 18.6. The Balaban J connectivity index is 1.58. The molecule has 0 spiro atoms. The summed E-state index contributed by atoms with van der Waals surface area (Å²) in [6.45, 7) is -0.516. The van der Waals surface area contributed by atoms with Crippen LogP contribution in [0.1, 0.15) is 15.9 Å². The van der Waals surface area contributed by atoms with E-state index in [4.69, 9.17) is 14.6 Å². The maximum absolute atomic E-state index is 13.0. The van der Waals surface area contributed by atoms with E-state index in [1.807, 2.05) is 36.4 Å². The summed E-state index contributed by atoms with van der Waals surface area (Å²) in [5.74, 6) is -0.443. The van der Waals surface area contributed by atoms with Crippen LogP contribution in [0.3, 0.4) is 0 Å². The highest BCUT2D eigenvalue weighted by Gasteiger charge is 2.16. The first-order valence-electron chi connectivity index (χ1n) is 10.6. The minimum atomic E-state index is -1.10. The summed E-state index contributed by atoms with van der Waals surface area (Å²) in [4.78, 5) is 29.5. The van der Waals surface area contributed by atoms with Crippen LogP contribution in [0, 0.1) is 0 Å². The summed E-state index contributed by atoms with van der Waals surface area (Å²) < 4.78 is 13.2. The summed E-state index contributed by atoms with van der Waals surface area (Å²) in [6, 6.07) is 19.2. The molecule has 0 aliphatic carbocycles. The lowest BCUT2D eigenvalue weighted by Gasteiger charge is -2.13. The molecule has 0 bridgehead atoms. The fourth-order valence-electron chi connectivity index (χ4n) is 3.79. The predicted octanol–water partition coefficient (Wildman–Crippen LogP) is 6.55. The maximum Gasteiger partial charge on any atom is 0.341 e. The molecular weight excluding hydrogens is 482 g/mol. The number of hydrogen-bond donors (Lipinski definition) is 1. The van der Waals surface area contributed by atoms with Gasteiger partial charge in [-0.3, -0.25) is 4.79 Å². The standard InChI is InChI=1S/C27H19NO5S2/c1-32-22-13-21(33-14-26(30)31)16(11-19(22)25-12-17-5-2-3-7-23(17)35-25)9-10-20(29)18-6-4-8-24-27(18)28-15-34-24/h2-13,15H,14H2,1H3,(H,30,31)/b10-9+. The molecule has 0 atom stereocenters. The molecule has 5 rings (SSSR count). The number of para-hydroxylation sites is 1. The van der Waals surface area contributed by atoms with Crippen molar-refractivity contribution in [1.82, 2.24) is 4.98 Å². The monoisotopic (exact) mass is 501 g/mol. The molecule has 0 aliphatic rings. The maximum atomic E-state index is 13.0. The van der Waals surface area contributed by atoms with E-state index in [-0.39, 0.29) is 5.78 Å². The Morgan fingerprint density at radius 1 is 1.03 bits per heavy atom. The van der Waals surface area contributed by atoms with Crippen LogP contribution < -0.4 is 9.47 Å². The predicted molar refractivity (Wildman–Crippen MR) is 140 cm³/mol. The van der Waals surface area contributed by atoms with Crippen LogP contribution in [0.5, 0.6) is 11.5 Å². The van der Waals surface area contributed by atoms with Crippen molar-refractivity contribution in [2.75, 3.05) is 13.7 Å². The molecule has 3 aromatic carbocycles. The fraction of sp³-hybridized carbons (Fsp3) is 0.0741. The van der Waals surface area contributed by atoms with Gasteiger partial charge in [0.1, 0.15) is 11.5 Å². The number of fused-ring (bicyclic) bond motifs is 2. The molecule has 5 aromatic rings. The van der Waals surface area contributed by atoms with Gasteiger partial charge in [-0.1, -0.05) is 24.3 Å². The van der Waals surface area contributed by atoms with Crippen molar-refractivity contribution in [3.63, 3.8) is 0 Å². The number of carbonyl (C=O) groups excluding carboxylic acids is 1. The van der Waals surface area contributed by atoms with Gasteiger partial charge in [0.2, 0.25) is 0 Å². The minimum absolute atomic E-state index is 0.204. The summed E-state index contributed by atoms with van der Waals surface area (Å²) in [6.07, 6.45) is 3.10. The first kappa shape index (κ1) is 22.8. The summed E-state index contributed by atoms with van der Waals surface area (Å²) in [5.41, 5.74) is 4.27. The van der Waals surface area contributed by atoms with Crippen molar-refractivity contribution in [2.45, 2.75) is 0 Å². The molecule has 8 heteroatoms. The molecular formula is C27H19NO5S2. The van der Waals surface area contributed by atoms with E-state index in [0.29, 0.717) is 28.1 Å². The number of ether oxygens (including phenoxy) is 2. The van der Waals surface area contributed by atoms with Crippen LogP contribution >= 0.6 is 22.7 Å². The van der Waals surface area contributed by atoms with Crippen molar-refractivity contribution in [1.29, 1.82) is 0 Å². The van der Waals surface area contributed by atoms with Crippen molar-refractivity contribution in [3.8, 4) is 21.9 Å². The third kappa shape index (κ3) is 4.66. The average Bonchev–Trinajstić information content (AvgIpc) is 3.52. The van der Waals surface area contributed by atoms with Crippen LogP contribution in [0.15, 0.2) is 72.3 Å². The number of carboxylic acid groups (broad SMARTS) is 1. The Labute approximate surface area is 208 Å². The van der Waals surface area contributed by atoms with Crippen molar-refractivity contribution in [3.05, 3.63) is 83.4 Å². The van der Waals surface area contributed by atoms with Gasteiger partial charge < -0.3 is 14.6 Å². The third-order valence-corrected chi connectivity index (χ3v) is 7.36. The van der Waals surface area contributed by atoms with Crippen molar-refractivity contribution < 1.29 is 24.2 Å². The topological polar surface area (TPSA) is 85.7 Å². The van der Waals surface area contributed by atoms with Crippen molar-refractivity contribution >= 4 is 60.8 Å². The third-order valence-electron chi connectivity index (χ3n) is 5.41. The van der Waals surface area contributed by atoms with E-state index in [1.165, 1.54) is 17.4 Å². The quantitative estimate of drug-likeness (QED) is 0.192. The summed E-state index contributed by atoms with van der Waals surface area (Å²) >= 11 is 3.10. The Morgan fingerprint density at radius 3 is 2.66 bits per heavy atom. The van der Waals surface area contributed by atoms with Gasteiger partial charge >= 0.3 is 5.97 Å². The molecule has 0 amide bonds. The first-order valence-corrected chi connectivity index (χ1v) is 12.3. The van der Waals surface area contributed by atoms with Crippen LogP contribution in [0.2, 0.25) is 0 Å². The molecule has 0 fully saturated rings. The van der Waals surface area contributed by atoms with Crippen LogP contribution in [-0.4, -0.2) is 35.6 Å². The highest BCUT2D eigenvalue weighted by Crippen LogP contribution is 2.42. The second kappa shape index (κ2) is 9.69. The van der Waals surface area contributed by atoms with Crippen molar-refractivity contribution in [2.24, 2.45) is 0 Å². The number of rotatable bonds is 8. The lowest BCUT2D eigenvalue weighted by Crippen LogP contribution is -2.10. The van der Waals surface area contributed by atoms with E-state index in [1.54, 1.807) is 42.2 Å². The number of benzene rings is 3. The van der Waals surface area contributed by atoms with Crippen LogP contribution in [0.4, 0.5) is 0 Å². The summed E-state index contributed by atoms with van der Waals surface area (Å²) in [7, 11) is 1.56. The Morgan fingerprint density at radius 2 is 1.86 bits per heavy atom. The lowest BCUT2D eigenvalue weighted by atomic mass is 10.0. The van der Waals surface area contributed by atoms with E-state index < -0.39 is 12.6 Å². The van der Waals surface area contributed by atoms with Gasteiger partial charge in [0, 0.05) is 32.3 Å². The smallest absolute Gasteiger partial charge is 0.341 e. The number of carbonyl (C=O) groups is 2. The number of hydrogen-bond acceptors (Lipinski definition) is 7. The summed E-state index contributed by atoms with van der Waals surface area (Å²) in [5, 5.41) is 10.2. The molecule has 0 aliphatic heterocycles. The molecule has 6 nitrogen and oxygen atoms in total. The first-order chi connectivity index (χ1) is 17.0. The number of allylic oxidation sites excluding steroid dienone is 1. The zero-order valence-corrected chi connectivity index (χ0v) is 20.2. The van der Waals surface area contributed by atoms with Gasteiger partial charge in [-0.15, -0.1) is 22.7 Å². The van der Waals surface area contributed by atoms with Crippen LogP contribution in [0.25, 0.3) is 36.8 Å². The largest absolute Gasteiger partial charge is 0.496 e. The molecule has 0 radical (unpaired) electrons. The number of thiophene rings is 1. The SMILES string of the molecule is COc1cc(OCC(=O)O)c(/C=C/C(=O)c2cccc3scnc23)cc1-c1cc2ccccc2s1. The second-order valence-electron chi connectivity index (χ2n) is 7.62.